The van der Waals surface area contributed by atoms with Crippen molar-refractivity contribution in [2.45, 2.75) is 13.3 Å². The minimum atomic E-state index is -0.452. The van der Waals surface area contributed by atoms with Crippen LogP contribution in [0.4, 0.5) is 5.69 Å². The van der Waals surface area contributed by atoms with Crippen molar-refractivity contribution >= 4 is 23.3 Å². The van der Waals surface area contributed by atoms with Gasteiger partial charge in [-0.2, -0.15) is 0 Å². The van der Waals surface area contributed by atoms with Gasteiger partial charge < -0.3 is 4.74 Å². The number of carbonyl (C=O) groups is 1. The molecule has 0 saturated carbocycles. The smallest absolute Gasteiger partial charge is 0.320 e. The molecule has 20 heavy (non-hydrogen) atoms. The van der Waals surface area contributed by atoms with Crippen LogP contribution in [0.25, 0.3) is 0 Å². The molecular formula is C13H17ClN2O4. The first-order valence-electron chi connectivity index (χ1n) is 6.21. The van der Waals surface area contributed by atoms with Crippen LogP contribution in [0.3, 0.4) is 0 Å². The lowest BCUT2D eigenvalue weighted by atomic mass is 10.1. The lowest BCUT2D eigenvalue weighted by molar-refractivity contribution is -0.385. The molecule has 7 heteroatoms. The molecule has 0 bridgehead atoms. The zero-order chi connectivity index (χ0) is 15.1. The van der Waals surface area contributed by atoms with Crippen LogP contribution in [0.2, 0.25) is 5.02 Å². The minimum absolute atomic E-state index is 0.00188. The molecule has 0 aromatic heterocycles. The van der Waals surface area contributed by atoms with E-state index in [1.165, 1.54) is 6.07 Å². The van der Waals surface area contributed by atoms with Gasteiger partial charge in [0.2, 0.25) is 0 Å². The van der Waals surface area contributed by atoms with Crippen LogP contribution in [0.5, 0.6) is 0 Å². The number of esters is 1. The third kappa shape index (κ3) is 5.14. The quantitative estimate of drug-likeness (QED) is 0.439. The fourth-order valence-corrected chi connectivity index (χ4v) is 1.90. The first-order chi connectivity index (χ1) is 9.43. The molecule has 0 aliphatic rings. The average molecular weight is 301 g/mol. The maximum atomic E-state index is 11.3. The predicted octanol–water partition coefficient (Wildman–Crippen LogP) is 2.29. The number of halogens is 1. The molecule has 0 radical (unpaired) electrons. The number of nitro benzene ring substituents is 1. The molecule has 0 amide bonds. The standard InChI is InChI=1S/C13H17ClN2O4/c1-3-20-13(17)9-15(2)7-6-10-4-5-11(14)8-12(10)16(18)19/h4-5,8H,3,6-7,9H2,1-2H3. The second kappa shape index (κ2) is 7.81. The molecule has 6 nitrogen and oxygen atoms in total. The van der Waals surface area contributed by atoms with Gasteiger partial charge in [-0.15, -0.1) is 0 Å². The Kier molecular flexibility index (Phi) is 6.41. The molecule has 0 heterocycles. The summed E-state index contributed by atoms with van der Waals surface area (Å²) in [6, 6.07) is 4.59. The van der Waals surface area contributed by atoms with Crippen molar-refractivity contribution in [3.8, 4) is 0 Å². The Morgan fingerprint density at radius 3 is 2.80 bits per heavy atom. The van der Waals surface area contributed by atoms with Gasteiger partial charge in [-0.25, -0.2) is 0 Å². The van der Waals surface area contributed by atoms with Gasteiger partial charge in [0.15, 0.2) is 0 Å². The molecular weight excluding hydrogens is 284 g/mol. The summed E-state index contributed by atoms with van der Waals surface area (Å²) in [5, 5.41) is 11.3. The van der Waals surface area contributed by atoms with Crippen LogP contribution in [-0.4, -0.2) is 42.5 Å². The van der Waals surface area contributed by atoms with E-state index in [0.717, 1.165) is 0 Å². The zero-order valence-corrected chi connectivity index (χ0v) is 12.2. The summed E-state index contributed by atoms with van der Waals surface area (Å²) in [6.07, 6.45) is 0.462. The molecule has 0 unspecified atom stereocenters. The number of hydrogen-bond donors (Lipinski definition) is 0. The van der Waals surface area contributed by atoms with Crippen LogP contribution < -0.4 is 0 Å². The molecule has 0 aliphatic carbocycles. The Morgan fingerprint density at radius 2 is 2.20 bits per heavy atom. The van der Waals surface area contributed by atoms with E-state index < -0.39 is 4.92 Å². The summed E-state index contributed by atoms with van der Waals surface area (Å²) in [5.41, 5.74) is 0.595. The molecule has 0 saturated heterocycles. The van der Waals surface area contributed by atoms with E-state index in [4.69, 9.17) is 16.3 Å². The highest BCUT2D eigenvalue weighted by atomic mass is 35.5. The summed E-state index contributed by atoms with van der Waals surface area (Å²) in [7, 11) is 1.76. The highest BCUT2D eigenvalue weighted by molar-refractivity contribution is 6.30. The van der Waals surface area contributed by atoms with Crippen LogP contribution in [0.1, 0.15) is 12.5 Å². The molecule has 110 valence electrons. The lowest BCUT2D eigenvalue weighted by Gasteiger charge is -2.15. The van der Waals surface area contributed by atoms with Crippen LogP contribution in [-0.2, 0) is 16.0 Å². The van der Waals surface area contributed by atoms with Gasteiger partial charge in [-0.05, 0) is 26.5 Å². The molecule has 0 spiro atoms. The van der Waals surface area contributed by atoms with E-state index >= 15 is 0 Å². The number of likely N-dealkylation sites (N-methyl/N-ethyl adjacent to an activating group) is 1. The lowest BCUT2D eigenvalue weighted by Crippen LogP contribution is -2.29. The predicted molar refractivity (Wildman–Crippen MR) is 75.9 cm³/mol. The van der Waals surface area contributed by atoms with Crippen molar-refractivity contribution in [2.24, 2.45) is 0 Å². The SMILES string of the molecule is CCOC(=O)CN(C)CCc1ccc(Cl)cc1[N+](=O)[O-]. The van der Waals surface area contributed by atoms with Gasteiger partial charge in [0.1, 0.15) is 0 Å². The van der Waals surface area contributed by atoms with E-state index in [-0.39, 0.29) is 18.2 Å². The van der Waals surface area contributed by atoms with Crippen LogP contribution >= 0.6 is 11.6 Å². The minimum Gasteiger partial charge on any atom is -0.465 e. The third-order valence-electron chi connectivity index (χ3n) is 2.71. The summed E-state index contributed by atoms with van der Waals surface area (Å²) in [6.45, 7) is 2.76. The molecule has 0 atom stereocenters. The van der Waals surface area contributed by atoms with Crippen molar-refractivity contribution in [3.63, 3.8) is 0 Å². The Bertz CT molecular complexity index is 493. The number of benzene rings is 1. The van der Waals surface area contributed by atoms with E-state index in [2.05, 4.69) is 0 Å². The summed E-state index contributed by atoms with van der Waals surface area (Å²) in [5.74, 6) is -0.305. The Morgan fingerprint density at radius 1 is 1.50 bits per heavy atom. The third-order valence-corrected chi connectivity index (χ3v) is 2.95. The Labute approximate surface area is 122 Å². The largest absolute Gasteiger partial charge is 0.465 e. The van der Waals surface area contributed by atoms with Gasteiger partial charge in [-0.1, -0.05) is 17.7 Å². The highest BCUT2D eigenvalue weighted by Gasteiger charge is 2.15. The maximum absolute atomic E-state index is 11.3. The van der Waals surface area contributed by atoms with Gasteiger partial charge in [-0.3, -0.25) is 19.8 Å². The first kappa shape index (κ1) is 16.4. The van der Waals surface area contributed by atoms with E-state index in [1.54, 1.807) is 31.0 Å². The summed E-state index contributed by atoms with van der Waals surface area (Å²) < 4.78 is 4.84. The van der Waals surface area contributed by atoms with Crippen molar-refractivity contribution in [2.75, 3.05) is 26.7 Å². The number of rotatable bonds is 7. The first-order valence-corrected chi connectivity index (χ1v) is 6.58. The van der Waals surface area contributed by atoms with E-state index in [1.807, 2.05) is 0 Å². The Balaban J connectivity index is 2.61. The normalized spacial score (nSPS) is 10.6. The van der Waals surface area contributed by atoms with Gasteiger partial charge >= 0.3 is 5.97 Å². The van der Waals surface area contributed by atoms with Gasteiger partial charge in [0.25, 0.3) is 5.69 Å². The van der Waals surface area contributed by atoms with Gasteiger partial charge in [0, 0.05) is 23.2 Å². The number of carbonyl (C=O) groups excluding carboxylic acids is 1. The van der Waals surface area contributed by atoms with Crippen LogP contribution in [0.15, 0.2) is 18.2 Å². The molecule has 1 aromatic rings. The fourth-order valence-electron chi connectivity index (χ4n) is 1.74. The molecule has 0 fully saturated rings. The average Bonchev–Trinajstić information content (AvgIpc) is 2.37. The fraction of sp³-hybridized carbons (Fsp3) is 0.462. The molecule has 0 N–H and O–H groups in total. The van der Waals surface area contributed by atoms with Gasteiger partial charge in [0.05, 0.1) is 18.1 Å². The monoisotopic (exact) mass is 300 g/mol. The van der Waals surface area contributed by atoms with Crippen LogP contribution in [0, 0.1) is 10.1 Å². The van der Waals surface area contributed by atoms with Crippen molar-refractivity contribution in [1.82, 2.24) is 4.90 Å². The topological polar surface area (TPSA) is 72.7 Å². The molecule has 1 rings (SSSR count). The molecule has 0 aliphatic heterocycles. The second-order valence-electron chi connectivity index (χ2n) is 4.32. The number of nitrogens with zero attached hydrogens (tertiary/aromatic N) is 2. The molecule has 1 aromatic carbocycles. The summed E-state index contributed by atoms with van der Waals surface area (Å²) in [4.78, 5) is 23.5. The zero-order valence-electron chi connectivity index (χ0n) is 11.5. The highest BCUT2D eigenvalue weighted by Crippen LogP contribution is 2.23. The number of hydrogen-bond acceptors (Lipinski definition) is 5. The van der Waals surface area contributed by atoms with Crippen molar-refractivity contribution < 1.29 is 14.5 Å². The Hall–Kier alpha value is -1.66. The van der Waals surface area contributed by atoms with E-state index in [9.17, 15) is 14.9 Å². The number of ether oxygens (including phenoxy) is 1. The maximum Gasteiger partial charge on any atom is 0.320 e. The summed E-state index contributed by atoms with van der Waals surface area (Å²) >= 11 is 5.75. The van der Waals surface area contributed by atoms with Crippen molar-refractivity contribution in [1.29, 1.82) is 0 Å². The van der Waals surface area contributed by atoms with E-state index in [0.29, 0.717) is 30.2 Å². The van der Waals surface area contributed by atoms with Crippen molar-refractivity contribution in [3.05, 3.63) is 38.9 Å². The second-order valence-corrected chi connectivity index (χ2v) is 4.76. The number of nitro groups is 1.